The van der Waals surface area contributed by atoms with Gasteiger partial charge in [-0.2, -0.15) is 0 Å². The predicted octanol–water partition coefficient (Wildman–Crippen LogP) is 2.96. The Morgan fingerprint density at radius 1 is 1.59 bits per heavy atom. The molecule has 1 aliphatic heterocycles. The number of amides is 1. The first-order valence-electron chi connectivity index (χ1n) is 5.39. The Kier molecular flexibility index (Phi) is 4.07. The average Bonchev–Trinajstić information content (AvgIpc) is 2.84. The van der Waals surface area contributed by atoms with Crippen LogP contribution in [0.25, 0.3) is 0 Å². The van der Waals surface area contributed by atoms with Gasteiger partial charge >= 0.3 is 0 Å². The molecule has 1 unspecified atom stereocenters. The monoisotopic (exact) mass is 317 g/mol. The zero-order chi connectivity index (χ0) is 12.4. The van der Waals surface area contributed by atoms with Crippen molar-refractivity contribution in [3.63, 3.8) is 0 Å². The summed E-state index contributed by atoms with van der Waals surface area (Å²) in [5.74, 6) is -0.0186. The molecule has 0 radical (unpaired) electrons. The fraction of sp³-hybridized carbons (Fsp3) is 0.417. The second-order valence-electron chi connectivity index (χ2n) is 4.06. The third kappa shape index (κ3) is 2.81. The van der Waals surface area contributed by atoms with Gasteiger partial charge in [0.2, 0.25) is 0 Å². The number of hydrogen-bond acceptors (Lipinski definition) is 2. The van der Waals surface area contributed by atoms with Gasteiger partial charge in [0.05, 0.1) is 17.7 Å². The molecular weight excluding hydrogens is 305 g/mol. The second kappa shape index (κ2) is 5.38. The molecular formula is C12H13BrClNO2. The zero-order valence-electron chi connectivity index (χ0n) is 9.45. The van der Waals surface area contributed by atoms with Crippen LogP contribution in [-0.4, -0.2) is 37.1 Å². The second-order valence-corrected chi connectivity index (χ2v) is 5.32. The van der Waals surface area contributed by atoms with E-state index < -0.39 is 0 Å². The number of carbonyl (C=O) groups is 1. The molecule has 1 atom stereocenters. The number of benzene rings is 1. The molecule has 1 fully saturated rings. The number of ether oxygens (including phenoxy) is 1. The van der Waals surface area contributed by atoms with Crippen molar-refractivity contribution in [3.05, 3.63) is 33.3 Å². The van der Waals surface area contributed by atoms with E-state index in [2.05, 4.69) is 15.9 Å². The average molecular weight is 319 g/mol. The fourth-order valence-corrected chi connectivity index (χ4v) is 2.25. The lowest BCUT2D eigenvalue weighted by molar-refractivity contribution is 0.0711. The lowest BCUT2D eigenvalue weighted by atomic mass is 10.1. The van der Waals surface area contributed by atoms with Crippen LogP contribution in [0.4, 0.5) is 0 Å². The van der Waals surface area contributed by atoms with E-state index in [-0.39, 0.29) is 11.9 Å². The van der Waals surface area contributed by atoms with E-state index in [9.17, 15) is 4.79 Å². The van der Waals surface area contributed by atoms with Crippen molar-refractivity contribution in [2.75, 3.05) is 20.3 Å². The molecule has 0 bridgehead atoms. The minimum atomic E-state index is -0.0186. The van der Waals surface area contributed by atoms with Gasteiger partial charge in [-0.05, 0) is 40.5 Å². The Morgan fingerprint density at radius 3 is 2.94 bits per heavy atom. The Balaban J connectivity index is 2.15. The number of halogens is 2. The zero-order valence-corrected chi connectivity index (χ0v) is 11.8. The quantitative estimate of drug-likeness (QED) is 0.839. The number of hydrogen-bond donors (Lipinski definition) is 0. The summed E-state index contributed by atoms with van der Waals surface area (Å²) in [6.45, 7) is 1.34. The molecule has 5 heteroatoms. The van der Waals surface area contributed by atoms with Gasteiger partial charge in [0, 0.05) is 23.7 Å². The molecule has 17 heavy (non-hydrogen) atoms. The summed E-state index contributed by atoms with van der Waals surface area (Å²) in [6.07, 6.45) is 0.895. The van der Waals surface area contributed by atoms with Crippen molar-refractivity contribution in [1.82, 2.24) is 4.90 Å². The van der Waals surface area contributed by atoms with Crippen LogP contribution in [0.15, 0.2) is 22.7 Å². The summed E-state index contributed by atoms with van der Waals surface area (Å²) >= 11 is 9.28. The minimum absolute atomic E-state index is 0.0186. The molecule has 0 spiro atoms. The van der Waals surface area contributed by atoms with Gasteiger partial charge in [-0.3, -0.25) is 4.79 Å². The standard InChI is InChI=1S/C12H13BrClNO2/c1-15(9-4-5-17-7-9)12(16)8-2-3-10(13)11(14)6-8/h2-3,6,9H,4-5,7H2,1H3. The van der Waals surface area contributed by atoms with E-state index in [1.807, 2.05) is 0 Å². The van der Waals surface area contributed by atoms with Gasteiger partial charge in [0.15, 0.2) is 0 Å². The Labute approximate surface area is 114 Å². The van der Waals surface area contributed by atoms with E-state index in [1.165, 1.54) is 0 Å². The SMILES string of the molecule is CN(C(=O)c1ccc(Br)c(Cl)c1)C1CCOC1. The summed E-state index contributed by atoms with van der Waals surface area (Å²) < 4.78 is 6.07. The van der Waals surface area contributed by atoms with Crippen LogP contribution in [0.1, 0.15) is 16.8 Å². The molecule has 1 amide bonds. The van der Waals surface area contributed by atoms with Crippen molar-refractivity contribution < 1.29 is 9.53 Å². The predicted molar refractivity (Wildman–Crippen MR) is 70.5 cm³/mol. The van der Waals surface area contributed by atoms with Crippen LogP contribution in [0.3, 0.4) is 0 Å². The van der Waals surface area contributed by atoms with Gasteiger partial charge in [0.1, 0.15) is 0 Å². The molecule has 0 aromatic heterocycles. The van der Waals surface area contributed by atoms with Gasteiger partial charge in [-0.25, -0.2) is 0 Å². The fourth-order valence-electron chi connectivity index (χ4n) is 1.83. The Hall–Kier alpha value is -0.580. The maximum absolute atomic E-state index is 12.2. The summed E-state index contributed by atoms with van der Waals surface area (Å²) in [7, 11) is 1.80. The van der Waals surface area contributed by atoms with Crippen molar-refractivity contribution in [2.45, 2.75) is 12.5 Å². The van der Waals surface area contributed by atoms with Crippen LogP contribution in [0, 0.1) is 0 Å². The molecule has 1 saturated heterocycles. The van der Waals surface area contributed by atoms with Gasteiger partial charge < -0.3 is 9.64 Å². The van der Waals surface area contributed by atoms with Gasteiger partial charge in [-0.15, -0.1) is 0 Å². The molecule has 92 valence electrons. The Bertz CT molecular complexity index is 433. The summed E-state index contributed by atoms with van der Waals surface area (Å²) in [5, 5.41) is 0.548. The normalized spacial score (nSPS) is 19.4. The molecule has 1 heterocycles. The minimum Gasteiger partial charge on any atom is -0.379 e. The van der Waals surface area contributed by atoms with E-state index in [1.54, 1.807) is 30.1 Å². The highest BCUT2D eigenvalue weighted by Crippen LogP contribution is 2.24. The maximum atomic E-state index is 12.2. The maximum Gasteiger partial charge on any atom is 0.253 e. The van der Waals surface area contributed by atoms with Crippen LogP contribution in [-0.2, 0) is 4.74 Å². The highest BCUT2D eigenvalue weighted by Gasteiger charge is 2.25. The summed E-state index contributed by atoms with van der Waals surface area (Å²) in [4.78, 5) is 13.9. The first-order valence-corrected chi connectivity index (χ1v) is 6.56. The van der Waals surface area contributed by atoms with E-state index in [4.69, 9.17) is 16.3 Å². The highest BCUT2D eigenvalue weighted by atomic mass is 79.9. The van der Waals surface area contributed by atoms with Crippen molar-refractivity contribution >= 4 is 33.4 Å². The first kappa shape index (κ1) is 12.9. The van der Waals surface area contributed by atoms with E-state index >= 15 is 0 Å². The topological polar surface area (TPSA) is 29.5 Å². The van der Waals surface area contributed by atoms with E-state index in [0.717, 1.165) is 17.5 Å². The van der Waals surface area contributed by atoms with Gasteiger partial charge in [0.25, 0.3) is 5.91 Å². The number of nitrogens with zero attached hydrogens (tertiary/aromatic N) is 1. The number of rotatable bonds is 2. The smallest absolute Gasteiger partial charge is 0.253 e. The van der Waals surface area contributed by atoms with Gasteiger partial charge in [-0.1, -0.05) is 11.6 Å². The molecule has 0 aliphatic carbocycles. The van der Waals surface area contributed by atoms with Crippen LogP contribution in [0.2, 0.25) is 5.02 Å². The number of carbonyl (C=O) groups excluding carboxylic acids is 1. The highest BCUT2D eigenvalue weighted by molar-refractivity contribution is 9.10. The molecule has 1 aromatic carbocycles. The number of likely N-dealkylation sites (N-methyl/N-ethyl adjacent to an activating group) is 1. The molecule has 0 N–H and O–H groups in total. The largest absolute Gasteiger partial charge is 0.379 e. The molecule has 0 saturated carbocycles. The third-order valence-electron chi connectivity index (χ3n) is 2.94. The van der Waals surface area contributed by atoms with Crippen molar-refractivity contribution in [1.29, 1.82) is 0 Å². The van der Waals surface area contributed by atoms with Crippen molar-refractivity contribution in [2.24, 2.45) is 0 Å². The van der Waals surface area contributed by atoms with Crippen LogP contribution >= 0.6 is 27.5 Å². The first-order chi connectivity index (χ1) is 8.09. The molecule has 3 nitrogen and oxygen atoms in total. The molecule has 1 aromatic rings. The lowest BCUT2D eigenvalue weighted by Crippen LogP contribution is -2.37. The molecule has 2 rings (SSSR count). The van der Waals surface area contributed by atoms with Crippen LogP contribution in [0.5, 0.6) is 0 Å². The summed E-state index contributed by atoms with van der Waals surface area (Å²) in [6, 6.07) is 5.41. The van der Waals surface area contributed by atoms with E-state index in [0.29, 0.717) is 17.2 Å². The van der Waals surface area contributed by atoms with Crippen LogP contribution < -0.4 is 0 Å². The lowest BCUT2D eigenvalue weighted by Gasteiger charge is -2.23. The Morgan fingerprint density at radius 2 is 2.35 bits per heavy atom. The summed E-state index contributed by atoms with van der Waals surface area (Å²) in [5.41, 5.74) is 0.604. The third-order valence-corrected chi connectivity index (χ3v) is 4.17. The molecule has 1 aliphatic rings. The van der Waals surface area contributed by atoms with Crippen molar-refractivity contribution in [3.8, 4) is 0 Å².